The molecule has 0 aliphatic heterocycles. The van der Waals surface area contributed by atoms with Crippen LogP contribution in [0.15, 0.2) is 30.6 Å². The third kappa shape index (κ3) is 3.03. The molecule has 3 aromatic heterocycles. The van der Waals surface area contributed by atoms with E-state index in [9.17, 15) is 4.79 Å². The van der Waals surface area contributed by atoms with Crippen LogP contribution < -0.4 is 4.74 Å². The number of carbonyl (C=O) groups is 1. The molecule has 1 aliphatic rings. The third-order valence-corrected chi connectivity index (χ3v) is 4.00. The van der Waals surface area contributed by atoms with E-state index in [4.69, 9.17) is 21.4 Å². The molecular weight excluding hydrogens is 332 g/mol. The van der Waals surface area contributed by atoms with Crippen molar-refractivity contribution in [3.05, 3.63) is 52.8 Å². The van der Waals surface area contributed by atoms with Gasteiger partial charge in [0.05, 0.1) is 5.69 Å². The number of aromatic nitrogens is 4. The Morgan fingerprint density at radius 1 is 1.29 bits per heavy atom. The van der Waals surface area contributed by atoms with Crippen molar-refractivity contribution in [3.8, 4) is 5.88 Å². The molecule has 3 heterocycles. The Kier molecular flexibility index (Phi) is 3.57. The van der Waals surface area contributed by atoms with E-state index in [1.807, 2.05) is 16.7 Å². The second-order valence-corrected chi connectivity index (χ2v) is 6.07. The molecule has 0 spiro atoms. The number of fused-ring (bicyclic) bond motifs is 1. The lowest BCUT2D eigenvalue weighted by Gasteiger charge is -2.04. The van der Waals surface area contributed by atoms with Gasteiger partial charge in [0.15, 0.2) is 0 Å². The molecule has 122 valence electrons. The summed E-state index contributed by atoms with van der Waals surface area (Å²) < 4.78 is 7.48. The van der Waals surface area contributed by atoms with E-state index < -0.39 is 11.8 Å². The van der Waals surface area contributed by atoms with Crippen LogP contribution >= 0.6 is 11.6 Å². The highest BCUT2D eigenvalue weighted by Crippen LogP contribution is 2.39. The average molecular weight is 345 g/mol. The lowest BCUT2D eigenvalue weighted by molar-refractivity contribution is 0.0681. The largest absolute Gasteiger partial charge is 0.475 e. The van der Waals surface area contributed by atoms with Gasteiger partial charge in [-0.1, -0.05) is 17.7 Å². The molecule has 1 aliphatic carbocycles. The van der Waals surface area contributed by atoms with Crippen molar-refractivity contribution in [2.24, 2.45) is 0 Å². The highest BCUT2D eigenvalue weighted by Gasteiger charge is 2.23. The predicted molar refractivity (Wildman–Crippen MR) is 85.5 cm³/mol. The summed E-state index contributed by atoms with van der Waals surface area (Å²) in [5.74, 6) is -0.888. The molecule has 0 unspecified atom stereocenters. The molecule has 1 saturated carbocycles. The summed E-state index contributed by atoms with van der Waals surface area (Å²) in [5.41, 5.74) is 2.88. The molecule has 0 bridgehead atoms. The van der Waals surface area contributed by atoms with E-state index in [2.05, 4.69) is 27.2 Å². The third-order valence-electron chi connectivity index (χ3n) is 3.80. The van der Waals surface area contributed by atoms with E-state index in [0.717, 1.165) is 11.3 Å². The summed E-state index contributed by atoms with van der Waals surface area (Å²) in [4.78, 5) is 22.8. The maximum absolute atomic E-state index is 10.9. The van der Waals surface area contributed by atoms with E-state index >= 15 is 0 Å². The monoisotopic (exact) mass is 344 g/mol. The van der Waals surface area contributed by atoms with Crippen LogP contribution in [0.5, 0.6) is 5.88 Å². The van der Waals surface area contributed by atoms with Gasteiger partial charge in [-0.15, -0.1) is 0 Å². The number of rotatable bonds is 5. The number of nitrogens with zero attached hydrogens (tertiary/aromatic N) is 4. The Bertz CT molecular complexity index is 936. The SMILES string of the molecule is O=C(O)c1nc(Cl)cc(OCc2cn3cc(C4CC4)ccc3n2)n1. The van der Waals surface area contributed by atoms with Gasteiger partial charge in [-0.2, -0.15) is 4.98 Å². The summed E-state index contributed by atoms with van der Waals surface area (Å²) >= 11 is 5.78. The van der Waals surface area contributed by atoms with Crippen molar-refractivity contribution < 1.29 is 14.6 Å². The van der Waals surface area contributed by atoms with Crippen molar-refractivity contribution >= 4 is 23.2 Å². The lowest BCUT2D eigenvalue weighted by atomic mass is 10.2. The fourth-order valence-corrected chi connectivity index (χ4v) is 2.68. The van der Waals surface area contributed by atoms with Gasteiger partial charge in [0.2, 0.25) is 11.7 Å². The minimum absolute atomic E-state index is 0.0153. The molecule has 0 saturated heterocycles. The van der Waals surface area contributed by atoms with Gasteiger partial charge in [-0.05, 0) is 30.4 Å². The quantitative estimate of drug-likeness (QED) is 0.716. The van der Waals surface area contributed by atoms with Crippen LogP contribution in [0.2, 0.25) is 5.15 Å². The number of hydrogen-bond acceptors (Lipinski definition) is 5. The lowest BCUT2D eigenvalue weighted by Crippen LogP contribution is -2.06. The van der Waals surface area contributed by atoms with Crippen molar-refractivity contribution in [3.63, 3.8) is 0 Å². The number of carboxylic acids is 1. The summed E-state index contributed by atoms with van der Waals surface area (Å²) in [5, 5.41) is 8.95. The summed E-state index contributed by atoms with van der Waals surface area (Å²) in [6, 6.07) is 5.46. The number of ether oxygens (including phenoxy) is 1. The maximum atomic E-state index is 10.9. The molecule has 7 nitrogen and oxygen atoms in total. The van der Waals surface area contributed by atoms with E-state index in [1.165, 1.54) is 24.5 Å². The number of aromatic carboxylic acids is 1. The minimum Gasteiger partial charge on any atom is -0.475 e. The zero-order valence-electron chi connectivity index (χ0n) is 12.5. The van der Waals surface area contributed by atoms with E-state index in [0.29, 0.717) is 5.92 Å². The van der Waals surface area contributed by atoms with Gasteiger partial charge in [0.1, 0.15) is 17.4 Å². The van der Waals surface area contributed by atoms with Crippen LogP contribution in [0.1, 0.15) is 40.6 Å². The second-order valence-electron chi connectivity index (χ2n) is 5.68. The first-order valence-corrected chi connectivity index (χ1v) is 7.84. The summed E-state index contributed by atoms with van der Waals surface area (Å²) in [7, 11) is 0. The van der Waals surface area contributed by atoms with Gasteiger partial charge in [-0.25, -0.2) is 14.8 Å². The number of pyridine rings is 1. The highest BCUT2D eigenvalue weighted by molar-refractivity contribution is 6.29. The standard InChI is InChI=1S/C16H13ClN4O3/c17-12-5-14(20-15(19-12)16(22)23)24-8-11-7-21-6-10(9-1-2-9)3-4-13(21)18-11/h3-7,9H,1-2,8H2,(H,22,23). The molecule has 4 rings (SSSR count). The van der Waals surface area contributed by atoms with Gasteiger partial charge in [-0.3, -0.25) is 0 Å². The smallest absolute Gasteiger partial charge is 0.374 e. The van der Waals surface area contributed by atoms with Crippen molar-refractivity contribution in [2.45, 2.75) is 25.4 Å². The molecule has 8 heteroatoms. The zero-order valence-corrected chi connectivity index (χ0v) is 13.3. The van der Waals surface area contributed by atoms with Crippen LogP contribution in [0.25, 0.3) is 5.65 Å². The molecule has 0 amide bonds. The van der Waals surface area contributed by atoms with Gasteiger partial charge >= 0.3 is 5.97 Å². The Morgan fingerprint density at radius 3 is 2.88 bits per heavy atom. The Morgan fingerprint density at radius 2 is 2.12 bits per heavy atom. The number of imidazole rings is 1. The molecular formula is C16H13ClN4O3. The summed E-state index contributed by atoms with van der Waals surface area (Å²) in [6.07, 6.45) is 6.48. The second kappa shape index (κ2) is 5.76. The first-order chi connectivity index (χ1) is 11.6. The Balaban J connectivity index is 1.53. The highest BCUT2D eigenvalue weighted by atomic mass is 35.5. The molecule has 3 aromatic rings. The average Bonchev–Trinajstić information content (AvgIpc) is 3.32. The van der Waals surface area contributed by atoms with Crippen LogP contribution in [0, 0.1) is 0 Å². The molecule has 0 radical (unpaired) electrons. The van der Waals surface area contributed by atoms with Crippen LogP contribution in [0.3, 0.4) is 0 Å². The molecule has 1 N–H and O–H groups in total. The van der Waals surface area contributed by atoms with Crippen molar-refractivity contribution in [1.82, 2.24) is 19.4 Å². The van der Waals surface area contributed by atoms with Crippen molar-refractivity contribution in [2.75, 3.05) is 0 Å². The van der Waals surface area contributed by atoms with Gasteiger partial charge < -0.3 is 14.2 Å². The molecule has 1 fully saturated rings. The normalized spacial score (nSPS) is 14.0. The zero-order chi connectivity index (χ0) is 16.7. The Labute approximate surface area is 141 Å². The predicted octanol–water partition coefficient (Wildman–Crippen LogP) is 2.93. The molecule has 24 heavy (non-hydrogen) atoms. The topological polar surface area (TPSA) is 89.6 Å². The van der Waals surface area contributed by atoms with Crippen LogP contribution in [-0.4, -0.2) is 30.4 Å². The number of carboxylic acid groups (broad SMARTS) is 1. The van der Waals surface area contributed by atoms with Crippen LogP contribution in [0.4, 0.5) is 0 Å². The summed E-state index contributed by atoms with van der Waals surface area (Å²) in [6.45, 7) is 0.160. The fourth-order valence-electron chi connectivity index (χ4n) is 2.50. The first-order valence-electron chi connectivity index (χ1n) is 7.47. The van der Waals surface area contributed by atoms with Gasteiger partial charge in [0, 0.05) is 18.5 Å². The number of halogens is 1. The fraction of sp³-hybridized carbons (Fsp3) is 0.250. The number of hydrogen-bond donors (Lipinski definition) is 1. The molecule has 0 atom stereocenters. The Hall–Kier alpha value is -2.67. The van der Waals surface area contributed by atoms with Gasteiger partial charge in [0.25, 0.3) is 0 Å². The maximum Gasteiger partial charge on any atom is 0.374 e. The minimum atomic E-state index is -1.26. The first kappa shape index (κ1) is 14.9. The van der Waals surface area contributed by atoms with Crippen LogP contribution in [-0.2, 0) is 6.61 Å². The van der Waals surface area contributed by atoms with E-state index in [1.54, 1.807) is 0 Å². The van der Waals surface area contributed by atoms with E-state index in [-0.39, 0.29) is 17.6 Å². The van der Waals surface area contributed by atoms with Crippen molar-refractivity contribution in [1.29, 1.82) is 0 Å². The molecule has 0 aromatic carbocycles.